The molecule has 722 valence electrons. The number of fused-ring (bicyclic) bond motifs is 6. The number of amides is 12. The van der Waals surface area contributed by atoms with Crippen LogP contribution < -0.4 is 69.0 Å². The number of phenols is 1. The summed E-state index contributed by atoms with van der Waals surface area (Å²) in [5, 5.41) is 49.7. The van der Waals surface area contributed by atoms with Crippen LogP contribution in [0.2, 0.25) is 5.02 Å². The van der Waals surface area contributed by atoms with Crippen LogP contribution in [0.15, 0.2) is 151 Å². The number of hydrogen-bond acceptors (Lipinski definition) is 24. The number of aliphatic hydroxyl groups excluding tert-OH is 1. The molecule has 3 aliphatic rings. The topological polar surface area (TPSA) is 498 Å². The minimum absolute atomic E-state index is 0.0185. The quantitative estimate of drug-likeness (QED) is 0.0114. The highest BCUT2D eigenvalue weighted by Gasteiger charge is 2.44. The number of benzene rings is 5. The molecule has 4 bridgehead atoms. The number of para-hydroxylation sites is 2. The molecular weight excluding hydrogens is 1820 g/mol. The minimum Gasteiger partial charge on any atom is -0.508 e. The second-order valence-electron chi connectivity index (χ2n) is 34.2. The third-order valence-corrected chi connectivity index (χ3v) is 29.3. The zero-order valence-electron chi connectivity index (χ0n) is 76.6. The Morgan fingerprint density at radius 2 is 1.34 bits per heavy atom. The number of halogens is 1. The lowest BCUT2D eigenvalue weighted by Gasteiger charge is -2.39. The molecular formula is C95H122ClN15O19S4. The molecule has 2 unspecified atom stereocenters. The number of nitrogens with two attached hydrogens (primary N) is 2. The molecule has 2 saturated heterocycles. The standard InChI is InChI=1S/C95H122ClN15O19S4/c1-52(2)84-93(124)107-74(91(122)103-69(86(98)117)44-60-48-99-65-26-16-14-24-63(60)65)51-134-133-50-73(92(123)104-71(41-58-30-32-62(112)33-31-58)89(120)105-72(45-61-49-100-66-27-17-15-25-64(61)66)90(121)102-67(87(118)109-84)28-18-19-36-97)106-88(119)70(40-57-22-12-11-13-23-57)101-80(113)34-37-131-132-38-35-81(114)110(7)56(6)94(125)129-78-47-82(115)111(8)75-42-59(43-79(128-10)83(75)96)39-53(3)21-20-29-76(127-9)68-46-77(130-95(126)108-68)54(4)85(116)55(78)5/h11-17,20-27,29-33,42-43,48-49,52,54-56,67-74,76-78,84-85,99-100,112,116H,18-19,28,34-41,44-47,50-51,97H2,1-10H3,(H2,98,117)(H,101,113)(H,102,121)(H,103,122)(H,104,123)(H,105,120)(H,106,119)(H,107,124)(H,108,126)(H,109,118)/b29-20+,53-21+/t54-,55-,56+,67+,68?,69+,70-,71+,72-,73?,74+,76-,77+,78+,84+,85+/m1/s1. The molecule has 7 aromatic rings. The number of unbranched alkanes of at least 4 members (excludes halogenated alkanes) is 1. The molecule has 2 aromatic heterocycles. The van der Waals surface area contributed by atoms with Crippen molar-refractivity contribution in [3.63, 3.8) is 0 Å². The number of primary amides is 1. The van der Waals surface area contributed by atoms with Crippen LogP contribution in [-0.2, 0) is 104 Å². The van der Waals surface area contributed by atoms with Crippen molar-refractivity contribution in [2.45, 2.75) is 203 Å². The van der Waals surface area contributed by atoms with Crippen LogP contribution in [0.5, 0.6) is 11.5 Å². The van der Waals surface area contributed by atoms with Gasteiger partial charge in [-0.2, -0.15) is 0 Å². The summed E-state index contributed by atoms with van der Waals surface area (Å²) in [6, 6.07) is 19.4. The number of anilines is 1. The number of nitrogens with one attached hydrogen (secondary N) is 11. The summed E-state index contributed by atoms with van der Waals surface area (Å²) in [5.41, 5.74) is 17.7. The number of hydrogen-bond donors (Lipinski definition) is 15. The first-order valence-electron chi connectivity index (χ1n) is 44.6. The predicted molar refractivity (Wildman–Crippen MR) is 519 cm³/mol. The van der Waals surface area contributed by atoms with Gasteiger partial charge in [-0.25, -0.2) is 9.59 Å². The molecule has 10 rings (SSSR count). The van der Waals surface area contributed by atoms with Gasteiger partial charge in [-0.15, -0.1) is 0 Å². The third kappa shape index (κ3) is 29.6. The molecule has 0 spiro atoms. The number of H-pyrrole nitrogens is 2. The number of methoxy groups -OCH3 is 2. The smallest absolute Gasteiger partial charge is 0.407 e. The van der Waals surface area contributed by atoms with Gasteiger partial charge in [0.25, 0.3) is 0 Å². The van der Waals surface area contributed by atoms with E-state index in [1.165, 1.54) is 90.9 Å². The molecule has 0 radical (unpaired) electrons. The number of nitrogens with zero attached hydrogens (tertiary/aromatic N) is 2. The van der Waals surface area contributed by atoms with E-state index < -0.39 is 186 Å². The number of aromatic hydroxyl groups is 1. The zero-order valence-corrected chi connectivity index (χ0v) is 80.6. The number of aromatic nitrogens is 2. The molecule has 5 heterocycles. The summed E-state index contributed by atoms with van der Waals surface area (Å²) in [6.07, 6.45) is 4.26. The summed E-state index contributed by atoms with van der Waals surface area (Å²) < 4.78 is 23.4. The first-order valence-corrected chi connectivity index (χ1v) is 49.9. The van der Waals surface area contributed by atoms with Gasteiger partial charge in [0.15, 0.2) is 0 Å². The zero-order chi connectivity index (χ0) is 97.0. The van der Waals surface area contributed by atoms with Crippen molar-refractivity contribution in [2.24, 2.45) is 29.2 Å². The maximum atomic E-state index is 15.5. The molecule has 17 N–H and O–H groups in total. The van der Waals surface area contributed by atoms with Gasteiger partial charge in [-0.1, -0.05) is 185 Å². The Labute approximate surface area is 799 Å². The Balaban J connectivity index is 0.860. The van der Waals surface area contributed by atoms with Gasteiger partial charge in [0.2, 0.25) is 65.0 Å². The Morgan fingerprint density at radius 1 is 0.709 bits per heavy atom. The highest BCUT2D eigenvalue weighted by atomic mass is 35.5. The van der Waals surface area contributed by atoms with E-state index in [1.54, 1.807) is 88.6 Å². The number of aliphatic hydroxyl groups is 1. The molecule has 3 aliphatic heterocycles. The SMILES string of the molecule is COc1cc2cc(c1Cl)N(C)C(=O)C[C@H](OC(=O)[C@H](C)N(C)C(=O)CCSSCCC(=O)N[C@H](Cc1ccccc1)C(=O)NC1CSSC[C@@H](C(=O)N[C@@H](Cc3c[nH]c4ccccc34)C(N)=O)NC(=O)[C@H](C(C)C)NC(=O)[C@H](CCCCN)NC(=O)[C@@H](Cc3c[nH]c4ccccc34)NC(=O)[C@H](Cc3ccc(O)cc3)NC1=O)[C@@H](C)[C@@H](O)[C@H](C)[C@@H]1CC(NC(=O)O1)[C@H](OC)/C=C/C=C(\C)C2. The van der Waals surface area contributed by atoms with Gasteiger partial charge in [0.1, 0.15) is 83.1 Å². The third-order valence-electron chi connectivity index (χ3n) is 24.1. The summed E-state index contributed by atoms with van der Waals surface area (Å²) in [7, 11) is 10.4. The number of esters is 1. The van der Waals surface area contributed by atoms with Crippen LogP contribution >= 0.6 is 54.8 Å². The van der Waals surface area contributed by atoms with Crippen molar-refractivity contribution < 1.29 is 91.5 Å². The molecule has 5 aromatic carbocycles. The van der Waals surface area contributed by atoms with Crippen molar-refractivity contribution >= 4 is 159 Å². The van der Waals surface area contributed by atoms with E-state index in [4.69, 9.17) is 42.0 Å². The van der Waals surface area contributed by atoms with E-state index in [0.717, 1.165) is 43.6 Å². The summed E-state index contributed by atoms with van der Waals surface area (Å²) in [6.45, 7) is 10.3. The van der Waals surface area contributed by atoms with Crippen molar-refractivity contribution in [3.05, 3.63) is 184 Å². The van der Waals surface area contributed by atoms with Crippen LogP contribution in [0.1, 0.15) is 114 Å². The molecule has 39 heteroatoms. The molecule has 134 heavy (non-hydrogen) atoms. The number of ether oxygens (including phenoxy) is 4. The van der Waals surface area contributed by atoms with Gasteiger partial charge in [-0.05, 0) is 116 Å². The normalized spacial score (nSPS) is 23.6. The van der Waals surface area contributed by atoms with Gasteiger partial charge < -0.3 is 108 Å². The maximum absolute atomic E-state index is 15.5. The molecule has 2 fully saturated rings. The number of carbonyl (C=O) groups excluding carboxylic acids is 13. The fourth-order valence-corrected chi connectivity index (χ4v) is 20.6. The summed E-state index contributed by atoms with van der Waals surface area (Å²) >= 11 is 6.90. The Morgan fingerprint density at radius 3 is 2.00 bits per heavy atom. The van der Waals surface area contributed by atoms with E-state index in [9.17, 15) is 53.4 Å². The van der Waals surface area contributed by atoms with Crippen molar-refractivity contribution in [3.8, 4) is 11.5 Å². The second-order valence-corrected chi connectivity index (χ2v) is 39.8. The van der Waals surface area contributed by atoms with Gasteiger partial charge in [0.05, 0.1) is 37.5 Å². The van der Waals surface area contributed by atoms with Crippen LogP contribution in [0.4, 0.5) is 10.5 Å². The Bertz CT molecular complexity index is 5340. The average molecular weight is 1940 g/mol. The average Bonchev–Trinajstić information content (AvgIpc) is 1.70. The Hall–Kier alpha value is -11.3. The van der Waals surface area contributed by atoms with E-state index in [1.807, 2.05) is 67.6 Å². The maximum Gasteiger partial charge on any atom is 0.407 e. The molecule has 0 aliphatic carbocycles. The van der Waals surface area contributed by atoms with Gasteiger partial charge >= 0.3 is 12.1 Å². The lowest BCUT2D eigenvalue weighted by Crippen LogP contribution is -2.62. The summed E-state index contributed by atoms with van der Waals surface area (Å²) in [5.74, 6) is -11.7. The number of allylic oxidation sites excluding steroid dienone is 3. The highest BCUT2D eigenvalue weighted by molar-refractivity contribution is 8.77. The highest BCUT2D eigenvalue weighted by Crippen LogP contribution is 2.39. The van der Waals surface area contributed by atoms with E-state index in [-0.39, 0.29) is 91.7 Å². The van der Waals surface area contributed by atoms with Crippen molar-refractivity contribution in [1.82, 2.24) is 62.7 Å². The number of alkyl carbamates (subject to hydrolysis) is 1. The van der Waals surface area contributed by atoms with Crippen LogP contribution in [0, 0.1) is 17.8 Å². The largest absolute Gasteiger partial charge is 0.508 e. The van der Waals surface area contributed by atoms with Crippen LogP contribution in [-0.4, -0.2) is 245 Å². The molecule has 0 saturated carbocycles. The predicted octanol–water partition coefficient (Wildman–Crippen LogP) is 7.38. The molecule has 34 nitrogen and oxygen atoms in total. The van der Waals surface area contributed by atoms with Gasteiger partial charge in [-0.3, -0.25) is 52.7 Å². The van der Waals surface area contributed by atoms with E-state index in [2.05, 4.69) is 57.8 Å². The molecule has 12 amide bonds. The lowest BCUT2D eigenvalue weighted by atomic mass is 9.82. The van der Waals surface area contributed by atoms with E-state index >= 15 is 19.2 Å². The monoisotopic (exact) mass is 1940 g/mol. The van der Waals surface area contributed by atoms with Crippen LogP contribution in [0.25, 0.3) is 21.8 Å². The fraction of sp³-hybridized carbons (Fsp3) is 0.463. The number of likely N-dealkylation sites (N-methyl/N-ethyl adjacent to an activating group) is 1. The van der Waals surface area contributed by atoms with Crippen molar-refractivity contribution in [1.29, 1.82) is 0 Å². The minimum atomic E-state index is -1.58. The number of rotatable bonds is 31. The first-order chi connectivity index (χ1) is 64.1. The van der Waals surface area contributed by atoms with Crippen molar-refractivity contribution in [2.75, 3.05) is 62.8 Å². The number of carbonyl (C=O) groups is 13. The number of aromatic amines is 2. The lowest BCUT2D eigenvalue weighted by molar-refractivity contribution is -0.164. The van der Waals surface area contributed by atoms with Gasteiger partial charge in [0, 0.05) is 135 Å². The fourth-order valence-electron chi connectivity index (χ4n) is 16.0. The first kappa shape index (κ1) is 105. The van der Waals surface area contributed by atoms with E-state index in [0.29, 0.717) is 63.9 Å². The van der Waals surface area contributed by atoms with Crippen LogP contribution in [0.3, 0.4) is 0 Å². The Kier molecular flexibility index (Phi) is 39.8. The number of phenolic OH excluding ortho intramolecular Hbond substituents is 1. The second kappa shape index (κ2) is 50.9. The summed E-state index contributed by atoms with van der Waals surface area (Å²) in [4.78, 5) is 199. The molecule has 16 atom stereocenters.